The van der Waals surface area contributed by atoms with Crippen molar-refractivity contribution in [2.75, 3.05) is 18.1 Å². The van der Waals surface area contributed by atoms with Gasteiger partial charge < -0.3 is 15.7 Å². The van der Waals surface area contributed by atoms with Gasteiger partial charge in [0.05, 0.1) is 11.3 Å². The normalized spacial score (nSPS) is 15.9. The Labute approximate surface area is 136 Å². The molecule has 0 saturated heterocycles. The van der Waals surface area contributed by atoms with Crippen LogP contribution in [-0.4, -0.2) is 34.7 Å². The second-order valence-corrected chi connectivity index (χ2v) is 7.18. The number of hydrogen-bond acceptors (Lipinski definition) is 3. The van der Waals surface area contributed by atoms with Crippen molar-refractivity contribution in [3.8, 4) is 0 Å². The summed E-state index contributed by atoms with van der Waals surface area (Å²) in [6.45, 7) is 0.621. The number of carbonyl (C=O) groups is 2. The van der Waals surface area contributed by atoms with Crippen LogP contribution < -0.4 is 10.6 Å². The molecule has 0 atom stereocenters. The highest BCUT2D eigenvalue weighted by Gasteiger charge is 2.36. The molecule has 2 amide bonds. The monoisotopic (exact) mass is 372 g/mol. The standard InChI is InChI=1S/C14H17BrN2O3S/c1-21-14(5-2-6-14)8-16-13(20)17-11-7-9(12(18)19)3-4-10(11)15/h3-4,7H,2,5-6,8H2,1H3,(H,18,19)(H2,16,17,20). The molecule has 7 heteroatoms. The van der Waals surface area contributed by atoms with Gasteiger partial charge in [-0.05, 0) is 53.2 Å². The van der Waals surface area contributed by atoms with Gasteiger partial charge in [0.2, 0.25) is 0 Å². The second-order valence-electron chi connectivity index (χ2n) is 5.05. The van der Waals surface area contributed by atoms with Crippen molar-refractivity contribution in [3.63, 3.8) is 0 Å². The number of carbonyl (C=O) groups excluding carboxylic acids is 1. The van der Waals surface area contributed by atoms with Gasteiger partial charge in [-0.1, -0.05) is 6.42 Å². The fourth-order valence-electron chi connectivity index (χ4n) is 2.19. The topological polar surface area (TPSA) is 78.4 Å². The number of thioether (sulfide) groups is 1. The highest BCUT2D eigenvalue weighted by Crippen LogP contribution is 2.42. The van der Waals surface area contributed by atoms with Crippen LogP contribution in [-0.2, 0) is 0 Å². The summed E-state index contributed by atoms with van der Waals surface area (Å²) in [4.78, 5) is 22.9. The molecule has 5 nitrogen and oxygen atoms in total. The minimum absolute atomic E-state index is 0.132. The number of rotatable bonds is 5. The molecule has 1 saturated carbocycles. The smallest absolute Gasteiger partial charge is 0.335 e. The SMILES string of the molecule is CSC1(CNC(=O)Nc2cc(C(=O)O)ccc2Br)CCC1. The Morgan fingerprint density at radius 3 is 2.67 bits per heavy atom. The van der Waals surface area contributed by atoms with Gasteiger partial charge in [-0.25, -0.2) is 9.59 Å². The lowest BCUT2D eigenvalue weighted by Crippen LogP contribution is -2.46. The summed E-state index contributed by atoms with van der Waals surface area (Å²) in [7, 11) is 0. The van der Waals surface area contributed by atoms with Crippen LogP contribution in [0, 0.1) is 0 Å². The lowest BCUT2D eigenvalue weighted by molar-refractivity contribution is 0.0697. The number of amides is 2. The van der Waals surface area contributed by atoms with Gasteiger partial charge in [-0.15, -0.1) is 0 Å². The molecular weight excluding hydrogens is 356 g/mol. The molecule has 1 fully saturated rings. The Morgan fingerprint density at radius 1 is 1.43 bits per heavy atom. The molecule has 1 aromatic carbocycles. The van der Waals surface area contributed by atoms with E-state index in [0.717, 1.165) is 12.8 Å². The molecule has 1 aliphatic rings. The number of urea groups is 1. The average Bonchev–Trinajstić information content (AvgIpc) is 2.40. The Hall–Kier alpha value is -1.21. The summed E-state index contributed by atoms with van der Waals surface area (Å²) in [5, 5.41) is 14.5. The quantitative estimate of drug-likeness (QED) is 0.738. The van der Waals surface area contributed by atoms with E-state index in [9.17, 15) is 9.59 Å². The number of aromatic carboxylic acids is 1. The number of nitrogens with one attached hydrogen (secondary N) is 2. The molecule has 0 aliphatic heterocycles. The minimum atomic E-state index is -1.03. The zero-order valence-corrected chi connectivity index (χ0v) is 14.0. The molecular formula is C14H17BrN2O3S. The third kappa shape index (κ3) is 3.91. The fraction of sp³-hybridized carbons (Fsp3) is 0.429. The second kappa shape index (κ2) is 6.70. The Morgan fingerprint density at radius 2 is 2.14 bits per heavy atom. The molecule has 1 aliphatic carbocycles. The summed E-state index contributed by atoms with van der Waals surface area (Å²) in [6, 6.07) is 4.19. The number of carboxylic acid groups (broad SMARTS) is 1. The predicted molar refractivity (Wildman–Crippen MR) is 88.2 cm³/mol. The maximum atomic E-state index is 11.9. The molecule has 0 unspecified atom stereocenters. The highest BCUT2D eigenvalue weighted by molar-refractivity contribution is 9.10. The van der Waals surface area contributed by atoms with Gasteiger partial charge in [0.25, 0.3) is 0 Å². The first kappa shape index (κ1) is 16.2. The number of hydrogen-bond donors (Lipinski definition) is 3. The van der Waals surface area contributed by atoms with E-state index in [2.05, 4.69) is 32.8 Å². The first-order valence-electron chi connectivity index (χ1n) is 6.59. The van der Waals surface area contributed by atoms with E-state index >= 15 is 0 Å². The summed E-state index contributed by atoms with van der Waals surface area (Å²) in [5.41, 5.74) is 0.576. The lowest BCUT2D eigenvalue weighted by atomic mass is 9.84. The van der Waals surface area contributed by atoms with E-state index in [1.165, 1.54) is 18.6 Å². The molecule has 114 valence electrons. The van der Waals surface area contributed by atoms with Gasteiger partial charge in [-0.3, -0.25) is 0 Å². The van der Waals surface area contributed by atoms with E-state index in [0.29, 0.717) is 16.7 Å². The van der Waals surface area contributed by atoms with Gasteiger partial charge in [0.15, 0.2) is 0 Å². The van der Waals surface area contributed by atoms with Crippen molar-refractivity contribution in [1.82, 2.24) is 5.32 Å². The number of anilines is 1. The molecule has 0 bridgehead atoms. The highest BCUT2D eigenvalue weighted by atomic mass is 79.9. The maximum absolute atomic E-state index is 11.9. The average molecular weight is 373 g/mol. The number of carboxylic acids is 1. The molecule has 21 heavy (non-hydrogen) atoms. The van der Waals surface area contributed by atoms with Gasteiger partial charge in [0, 0.05) is 15.8 Å². The summed E-state index contributed by atoms with van der Waals surface area (Å²) >= 11 is 5.08. The first-order chi connectivity index (χ1) is 9.96. The van der Waals surface area contributed by atoms with Crippen LogP contribution in [0.4, 0.5) is 10.5 Å². The van der Waals surface area contributed by atoms with Crippen LogP contribution >= 0.6 is 27.7 Å². The number of benzene rings is 1. The Bertz CT molecular complexity index is 556. The van der Waals surface area contributed by atoms with Crippen molar-refractivity contribution in [3.05, 3.63) is 28.2 Å². The van der Waals surface area contributed by atoms with Gasteiger partial charge >= 0.3 is 12.0 Å². The van der Waals surface area contributed by atoms with Crippen LogP contribution in [0.3, 0.4) is 0 Å². The summed E-state index contributed by atoms with van der Waals surface area (Å²) < 4.78 is 0.808. The largest absolute Gasteiger partial charge is 0.478 e. The van der Waals surface area contributed by atoms with Crippen LogP contribution in [0.5, 0.6) is 0 Å². The van der Waals surface area contributed by atoms with E-state index in [-0.39, 0.29) is 16.3 Å². The molecule has 0 heterocycles. The molecule has 2 rings (SSSR count). The number of halogens is 1. The third-order valence-electron chi connectivity index (χ3n) is 3.73. The molecule has 0 radical (unpaired) electrons. The van der Waals surface area contributed by atoms with E-state index in [1.54, 1.807) is 17.8 Å². The Kier molecular flexibility index (Phi) is 5.16. The maximum Gasteiger partial charge on any atom is 0.335 e. The summed E-state index contributed by atoms with van der Waals surface area (Å²) in [5.74, 6) is -1.03. The molecule has 0 aromatic heterocycles. The molecule has 0 spiro atoms. The van der Waals surface area contributed by atoms with Crippen LogP contribution in [0.25, 0.3) is 0 Å². The van der Waals surface area contributed by atoms with E-state index in [4.69, 9.17) is 5.11 Å². The Balaban J connectivity index is 1.96. The van der Waals surface area contributed by atoms with Crippen molar-refractivity contribution < 1.29 is 14.7 Å². The van der Waals surface area contributed by atoms with Gasteiger partial charge in [0.1, 0.15) is 0 Å². The van der Waals surface area contributed by atoms with Crippen LogP contribution in [0.2, 0.25) is 0 Å². The van der Waals surface area contributed by atoms with Crippen molar-refractivity contribution in [2.24, 2.45) is 0 Å². The van der Waals surface area contributed by atoms with E-state index in [1.807, 2.05) is 0 Å². The third-order valence-corrected chi connectivity index (χ3v) is 5.84. The summed E-state index contributed by atoms with van der Waals surface area (Å²) in [6.07, 6.45) is 5.50. The predicted octanol–water partition coefficient (Wildman–Crippen LogP) is 3.55. The minimum Gasteiger partial charge on any atom is -0.478 e. The van der Waals surface area contributed by atoms with Crippen LogP contribution in [0.15, 0.2) is 22.7 Å². The molecule has 1 aromatic rings. The molecule has 3 N–H and O–H groups in total. The van der Waals surface area contributed by atoms with Crippen molar-refractivity contribution in [2.45, 2.75) is 24.0 Å². The fourth-order valence-corrected chi connectivity index (χ4v) is 3.45. The van der Waals surface area contributed by atoms with Gasteiger partial charge in [-0.2, -0.15) is 11.8 Å². The first-order valence-corrected chi connectivity index (χ1v) is 8.60. The zero-order chi connectivity index (χ0) is 15.5. The van der Waals surface area contributed by atoms with Crippen molar-refractivity contribution >= 4 is 45.4 Å². The van der Waals surface area contributed by atoms with Crippen molar-refractivity contribution in [1.29, 1.82) is 0 Å². The van der Waals surface area contributed by atoms with E-state index < -0.39 is 5.97 Å². The zero-order valence-electron chi connectivity index (χ0n) is 11.6. The lowest BCUT2D eigenvalue weighted by Gasteiger charge is -2.40. The van der Waals surface area contributed by atoms with Crippen LogP contribution in [0.1, 0.15) is 29.6 Å².